The summed E-state index contributed by atoms with van der Waals surface area (Å²) in [5, 5.41) is 0. The summed E-state index contributed by atoms with van der Waals surface area (Å²) in [5.74, 6) is 0.252. The maximum Gasteiger partial charge on any atom is 0.194 e. The van der Waals surface area contributed by atoms with Gasteiger partial charge in [0.05, 0.1) is 0 Å². The van der Waals surface area contributed by atoms with Gasteiger partial charge in [-0.1, -0.05) is 188 Å². The van der Waals surface area contributed by atoms with Crippen LogP contribution in [0.2, 0.25) is 0 Å². The van der Waals surface area contributed by atoms with Crippen LogP contribution in [0, 0.1) is 0 Å². The number of hydrogen-bond donors (Lipinski definition) is 0. The number of ketones is 2. The van der Waals surface area contributed by atoms with E-state index in [1.807, 2.05) is 36.4 Å². The Kier molecular flexibility index (Phi) is 10.4. The zero-order valence-electron chi connectivity index (χ0n) is 33.8. The Labute approximate surface area is 339 Å². The third kappa shape index (κ3) is 6.62. The molecule has 6 aromatic carbocycles. The predicted octanol–water partition coefficient (Wildman–Crippen LogP) is 15.2. The molecular weight excluding hydrogens is 693 g/mol. The minimum absolute atomic E-state index is 0.113. The molecule has 0 bridgehead atoms. The number of fused-ring (bicyclic) bond motifs is 9. The van der Waals surface area contributed by atoms with Gasteiger partial charge in [0.2, 0.25) is 0 Å². The summed E-state index contributed by atoms with van der Waals surface area (Å²) in [6.45, 7) is 4.59. The van der Waals surface area contributed by atoms with Gasteiger partial charge in [-0.15, -0.1) is 0 Å². The highest BCUT2D eigenvalue weighted by Gasteiger charge is 2.43. The van der Waals surface area contributed by atoms with E-state index in [9.17, 15) is 9.59 Å². The fourth-order valence-corrected chi connectivity index (χ4v) is 10.3. The third-order valence-electron chi connectivity index (χ3n) is 13.4. The van der Waals surface area contributed by atoms with Crippen LogP contribution in [0.15, 0.2) is 121 Å². The van der Waals surface area contributed by atoms with Crippen LogP contribution in [0.1, 0.15) is 147 Å². The average Bonchev–Trinajstić information content (AvgIpc) is 3.82. The Hall–Kier alpha value is -5.34. The molecular formula is C55H54O2. The minimum Gasteiger partial charge on any atom is -0.289 e. The Morgan fingerprint density at radius 2 is 0.667 bits per heavy atom. The van der Waals surface area contributed by atoms with Gasteiger partial charge in [-0.05, 0) is 104 Å². The number of hydrogen-bond acceptors (Lipinski definition) is 2. The van der Waals surface area contributed by atoms with Crippen LogP contribution in [0.3, 0.4) is 0 Å². The van der Waals surface area contributed by atoms with E-state index >= 15 is 0 Å². The smallest absolute Gasteiger partial charge is 0.194 e. The molecule has 0 fully saturated rings. The van der Waals surface area contributed by atoms with Gasteiger partial charge in [-0.25, -0.2) is 0 Å². The van der Waals surface area contributed by atoms with Gasteiger partial charge in [0.15, 0.2) is 11.6 Å². The summed E-state index contributed by atoms with van der Waals surface area (Å²) in [5.41, 5.74) is 17.4. The standard InChI is InChI=1S/C55H54O2/c1-3-5-7-9-11-17-31-55(32-18-12-10-8-6-4-2)51-35-39(37-23-27-43-41-19-13-15-21-47(41)53(56)49(43)33-37)25-29-45(51)46-30-26-40(36-52(46)55)38-24-28-44-42-20-14-16-22-48(42)54(57)50(44)34-38/h13-16,19-30,33-36H,3-12,17-18,31-32H2,1-2H3. The molecule has 0 spiro atoms. The van der Waals surface area contributed by atoms with E-state index in [1.165, 1.54) is 110 Å². The Morgan fingerprint density at radius 1 is 0.333 bits per heavy atom. The van der Waals surface area contributed by atoms with E-state index in [1.54, 1.807) is 0 Å². The Balaban J connectivity index is 1.13. The Morgan fingerprint density at radius 3 is 1.09 bits per heavy atom. The molecule has 9 rings (SSSR count). The van der Waals surface area contributed by atoms with Crippen LogP contribution in [0.25, 0.3) is 55.6 Å². The summed E-state index contributed by atoms with van der Waals surface area (Å²) in [7, 11) is 0. The summed E-state index contributed by atoms with van der Waals surface area (Å²) < 4.78 is 0. The molecule has 0 heterocycles. The van der Waals surface area contributed by atoms with Gasteiger partial charge < -0.3 is 0 Å². The second-order valence-electron chi connectivity index (χ2n) is 16.9. The quantitative estimate of drug-likeness (QED) is 0.0923. The van der Waals surface area contributed by atoms with Gasteiger partial charge in [0.25, 0.3) is 0 Å². The topological polar surface area (TPSA) is 34.1 Å². The van der Waals surface area contributed by atoms with Crippen molar-refractivity contribution in [2.45, 2.75) is 109 Å². The van der Waals surface area contributed by atoms with Gasteiger partial charge in [0.1, 0.15) is 0 Å². The van der Waals surface area contributed by atoms with E-state index in [2.05, 4.69) is 98.8 Å². The molecule has 0 radical (unpaired) electrons. The molecule has 6 aromatic rings. The Bertz CT molecular complexity index is 2320. The molecule has 0 amide bonds. The van der Waals surface area contributed by atoms with Crippen molar-refractivity contribution in [1.29, 1.82) is 0 Å². The van der Waals surface area contributed by atoms with Crippen molar-refractivity contribution in [2.24, 2.45) is 0 Å². The lowest BCUT2D eigenvalue weighted by Gasteiger charge is -2.33. The lowest BCUT2D eigenvalue weighted by atomic mass is 9.70. The number of rotatable bonds is 16. The third-order valence-corrected chi connectivity index (χ3v) is 13.4. The van der Waals surface area contributed by atoms with Crippen molar-refractivity contribution >= 4 is 11.6 Å². The number of unbranched alkanes of at least 4 members (excludes halogenated alkanes) is 10. The minimum atomic E-state index is -0.113. The first-order chi connectivity index (χ1) is 28.0. The van der Waals surface area contributed by atoms with Crippen LogP contribution in [-0.2, 0) is 5.41 Å². The number of carbonyl (C=O) groups excluding carboxylic acids is 2. The first kappa shape index (κ1) is 37.2. The van der Waals surface area contributed by atoms with E-state index in [4.69, 9.17) is 0 Å². The lowest BCUT2D eigenvalue weighted by Crippen LogP contribution is -2.25. The molecule has 0 N–H and O–H groups in total. The van der Waals surface area contributed by atoms with Crippen molar-refractivity contribution in [3.05, 3.63) is 155 Å². The van der Waals surface area contributed by atoms with E-state index < -0.39 is 0 Å². The van der Waals surface area contributed by atoms with Crippen LogP contribution in [0.5, 0.6) is 0 Å². The predicted molar refractivity (Wildman–Crippen MR) is 237 cm³/mol. The van der Waals surface area contributed by atoms with Crippen molar-refractivity contribution in [2.75, 3.05) is 0 Å². The monoisotopic (exact) mass is 746 g/mol. The van der Waals surface area contributed by atoms with Gasteiger partial charge in [-0.3, -0.25) is 9.59 Å². The summed E-state index contributed by atoms with van der Waals surface area (Å²) in [6.07, 6.45) is 17.5. The molecule has 2 nitrogen and oxygen atoms in total. The average molecular weight is 747 g/mol. The van der Waals surface area contributed by atoms with Crippen LogP contribution in [0.4, 0.5) is 0 Å². The number of benzene rings is 6. The number of carbonyl (C=O) groups is 2. The highest BCUT2D eigenvalue weighted by Crippen LogP contribution is 2.56. The molecule has 2 heteroatoms. The second kappa shape index (κ2) is 15.9. The first-order valence-corrected chi connectivity index (χ1v) is 21.9. The van der Waals surface area contributed by atoms with Crippen molar-refractivity contribution in [3.8, 4) is 55.6 Å². The van der Waals surface area contributed by atoms with E-state index in [0.29, 0.717) is 0 Å². The van der Waals surface area contributed by atoms with Crippen molar-refractivity contribution in [3.63, 3.8) is 0 Å². The van der Waals surface area contributed by atoms with Crippen LogP contribution < -0.4 is 0 Å². The maximum atomic E-state index is 13.6. The molecule has 3 aliphatic carbocycles. The molecule has 57 heavy (non-hydrogen) atoms. The molecule has 286 valence electrons. The molecule has 0 saturated carbocycles. The van der Waals surface area contributed by atoms with E-state index in [0.717, 1.165) is 68.5 Å². The molecule has 0 atom stereocenters. The molecule has 0 saturated heterocycles. The van der Waals surface area contributed by atoms with Gasteiger partial charge in [0, 0.05) is 27.7 Å². The second-order valence-corrected chi connectivity index (χ2v) is 16.9. The molecule has 0 unspecified atom stereocenters. The highest BCUT2D eigenvalue weighted by atomic mass is 16.1. The summed E-state index contributed by atoms with van der Waals surface area (Å²) in [6, 6.07) is 43.3. The van der Waals surface area contributed by atoms with E-state index in [-0.39, 0.29) is 17.0 Å². The summed E-state index contributed by atoms with van der Waals surface area (Å²) >= 11 is 0. The van der Waals surface area contributed by atoms with Gasteiger partial charge in [-0.2, -0.15) is 0 Å². The van der Waals surface area contributed by atoms with Crippen molar-refractivity contribution < 1.29 is 9.59 Å². The normalized spacial score (nSPS) is 13.9. The zero-order valence-corrected chi connectivity index (χ0v) is 33.8. The summed E-state index contributed by atoms with van der Waals surface area (Å²) in [4.78, 5) is 27.2. The van der Waals surface area contributed by atoms with Gasteiger partial charge >= 0.3 is 0 Å². The fourth-order valence-electron chi connectivity index (χ4n) is 10.3. The van der Waals surface area contributed by atoms with Crippen LogP contribution in [-0.4, -0.2) is 11.6 Å². The SMILES string of the molecule is CCCCCCCCC1(CCCCCCCC)c2cc(-c3ccc4c(c3)C(=O)c3ccccc3-4)ccc2-c2ccc(-c3ccc4c(c3)C(=O)c3ccccc3-4)cc21. The van der Waals surface area contributed by atoms with Crippen LogP contribution >= 0.6 is 0 Å². The maximum absolute atomic E-state index is 13.6. The first-order valence-electron chi connectivity index (χ1n) is 21.9. The highest BCUT2D eigenvalue weighted by molar-refractivity contribution is 6.23. The molecule has 0 aliphatic heterocycles. The molecule has 3 aliphatic rings. The lowest BCUT2D eigenvalue weighted by molar-refractivity contribution is 0.103. The van der Waals surface area contributed by atoms with Crippen molar-refractivity contribution in [1.82, 2.24) is 0 Å². The molecule has 0 aromatic heterocycles. The fraction of sp³-hybridized carbons (Fsp3) is 0.309. The zero-order chi connectivity index (χ0) is 38.9. The largest absolute Gasteiger partial charge is 0.289 e.